The van der Waals surface area contributed by atoms with E-state index in [0.717, 1.165) is 30.7 Å². The summed E-state index contributed by atoms with van der Waals surface area (Å²) in [6, 6.07) is 5.34. The third-order valence-electron chi connectivity index (χ3n) is 4.97. The van der Waals surface area contributed by atoms with Gasteiger partial charge in [0.2, 0.25) is 0 Å². The number of piperidine rings is 1. The molecule has 2 amide bonds. The third-order valence-corrected chi connectivity index (χ3v) is 6.34. The molecule has 1 aliphatic heterocycles. The molecule has 0 spiro atoms. The molecule has 27 heavy (non-hydrogen) atoms. The number of benzene rings is 1. The highest BCUT2D eigenvalue weighted by Gasteiger charge is 2.31. The number of thiazole rings is 1. The molecule has 5 nitrogen and oxygen atoms in total. The number of hydrogen-bond donors (Lipinski definition) is 1. The van der Waals surface area contributed by atoms with E-state index in [4.69, 9.17) is 11.6 Å². The van der Waals surface area contributed by atoms with E-state index in [1.165, 1.54) is 11.3 Å². The number of carbonyl (C=O) groups is 2. The van der Waals surface area contributed by atoms with E-state index in [9.17, 15) is 9.59 Å². The number of rotatable bonds is 4. The number of nitrogens with zero attached hydrogens (tertiary/aromatic N) is 2. The lowest BCUT2D eigenvalue weighted by atomic mass is 9.96. The van der Waals surface area contributed by atoms with E-state index in [-0.39, 0.29) is 23.9 Å². The minimum Gasteiger partial charge on any atom is -0.333 e. The van der Waals surface area contributed by atoms with Crippen molar-refractivity contribution in [3.8, 4) is 0 Å². The number of aromatic nitrogens is 1. The largest absolute Gasteiger partial charge is 0.333 e. The summed E-state index contributed by atoms with van der Waals surface area (Å²) >= 11 is 7.52. The first-order valence-corrected chi connectivity index (χ1v) is 10.5. The van der Waals surface area contributed by atoms with Crippen LogP contribution in [0.15, 0.2) is 24.4 Å². The van der Waals surface area contributed by atoms with Crippen LogP contribution < -0.4 is 5.32 Å². The molecule has 1 saturated heterocycles. The molecule has 144 valence electrons. The molecule has 3 rings (SSSR count). The van der Waals surface area contributed by atoms with Crippen molar-refractivity contribution < 1.29 is 9.59 Å². The Labute approximate surface area is 168 Å². The van der Waals surface area contributed by atoms with Gasteiger partial charge in [0.05, 0.1) is 22.5 Å². The third kappa shape index (κ3) is 4.33. The molecule has 0 aliphatic carbocycles. The molecule has 0 unspecified atom stereocenters. The highest BCUT2D eigenvalue weighted by molar-refractivity contribution is 7.13. The number of halogens is 1. The first-order valence-electron chi connectivity index (χ1n) is 9.29. The summed E-state index contributed by atoms with van der Waals surface area (Å²) in [6.45, 7) is 6.14. The van der Waals surface area contributed by atoms with Crippen LogP contribution in [0.5, 0.6) is 0 Å². The second-order valence-electron chi connectivity index (χ2n) is 6.96. The highest BCUT2D eigenvalue weighted by Crippen LogP contribution is 2.29. The fourth-order valence-electron chi connectivity index (χ4n) is 3.53. The molecule has 2 atom stereocenters. The van der Waals surface area contributed by atoms with Crippen molar-refractivity contribution in [2.24, 2.45) is 0 Å². The molecule has 1 aromatic heterocycles. The summed E-state index contributed by atoms with van der Waals surface area (Å²) in [5, 5.41) is 4.24. The minimum absolute atomic E-state index is 0.0916. The van der Waals surface area contributed by atoms with Gasteiger partial charge >= 0.3 is 0 Å². The smallest absolute Gasteiger partial charge is 0.267 e. The maximum absolute atomic E-state index is 13.3. The number of nitrogens with one attached hydrogen (secondary N) is 1. The van der Waals surface area contributed by atoms with Crippen LogP contribution >= 0.6 is 22.9 Å². The van der Waals surface area contributed by atoms with Crippen molar-refractivity contribution >= 4 is 40.4 Å². The normalized spacial score (nSPS) is 19.8. The zero-order valence-electron chi connectivity index (χ0n) is 15.8. The van der Waals surface area contributed by atoms with Gasteiger partial charge in [-0.15, -0.1) is 11.3 Å². The predicted molar refractivity (Wildman–Crippen MR) is 110 cm³/mol. The molecule has 0 radical (unpaired) electrons. The Kier molecular flexibility index (Phi) is 6.17. The van der Waals surface area contributed by atoms with Crippen LogP contribution in [0.2, 0.25) is 5.02 Å². The van der Waals surface area contributed by atoms with E-state index in [2.05, 4.69) is 24.1 Å². The molecule has 1 aromatic carbocycles. The summed E-state index contributed by atoms with van der Waals surface area (Å²) in [5.41, 5.74) is 0.905. The van der Waals surface area contributed by atoms with Crippen molar-refractivity contribution in [1.29, 1.82) is 0 Å². The Bertz CT molecular complexity index is 842. The fraction of sp³-hybridized carbons (Fsp3) is 0.450. The van der Waals surface area contributed by atoms with Gasteiger partial charge in [-0.25, -0.2) is 4.98 Å². The number of carbonyl (C=O) groups excluding carboxylic acids is 2. The molecule has 0 saturated carbocycles. The zero-order chi connectivity index (χ0) is 19.6. The molecule has 1 aliphatic rings. The summed E-state index contributed by atoms with van der Waals surface area (Å²) in [4.78, 5) is 32.5. The van der Waals surface area contributed by atoms with Gasteiger partial charge in [-0.3, -0.25) is 9.59 Å². The number of amides is 2. The SMILES string of the molecule is CCc1ncc(C(=O)Nc2ccc(Cl)cc2C(=O)N2[C@H](C)CCC[C@@H]2C)s1. The van der Waals surface area contributed by atoms with Crippen molar-refractivity contribution in [2.45, 2.75) is 58.5 Å². The molecule has 7 heteroatoms. The summed E-state index contributed by atoms with van der Waals surface area (Å²) in [6.07, 6.45) is 5.45. The maximum atomic E-state index is 13.3. The average Bonchev–Trinajstić information content (AvgIpc) is 3.12. The van der Waals surface area contributed by atoms with Crippen molar-refractivity contribution in [3.63, 3.8) is 0 Å². The first-order chi connectivity index (χ1) is 12.9. The average molecular weight is 406 g/mol. The van der Waals surface area contributed by atoms with Gasteiger partial charge in [0.1, 0.15) is 4.88 Å². The second kappa shape index (κ2) is 8.40. The summed E-state index contributed by atoms with van der Waals surface area (Å²) in [5.74, 6) is -0.352. The van der Waals surface area contributed by atoms with Crippen LogP contribution in [0, 0.1) is 0 Å². The fourth-order valence-corrected chi connectivity index (χ4v) is 4.45. The van der Waals surface area contributed by atoms with Crippen molar-refractivity contribution in [1.82, 2.24) is 9.88 Å². The minimum atomic E-state index is -0.261. The monoisotopic (exact) mass is 405 g/mol. The lowest BCUT2D eigenvalue weighted by molar-refractivity contribution is 0.0512. The van der Waals surface area contributed by atoms with Gasteiger partial charge in [-0.05, 0) is 57.7 Å². The van der Waals surface area contributed by atoms with Gasteiger partial charge < -0.3 is 10.2 Å². The van der Waals surface area contributed by atoms with Gasteiger partial charge in [0, 0.05) is 17.1 Å². The van der Waals surface area contributed by atoms with E-state index in [1.54, 1.807) is 24.4 Å². The quantitative estimate of drug-likeness (QED) is 0.777. The molecule has 0 bridgehead atoms. The molecule has 2 aromatic rings. The second-order valence-corrected chi connectivity index (χ2v) is 8.51. The number of hydrogen-bond acceptors (Lipinski definition) is 4. The lowest BCUT2D eigenvalue weighted by Crippen LogP contribution is -2.47. The van der Waals surface area contributed by atoms with Gasteiger partial charge in [-0.1, -0.05) is 18.5 Å². The van der Waals surface area contributed by atoms with Crippen LogP contribution in [-0.2, 0) is 6.42 Å². The van der Waals surface area contributed by atoms with Crippen LogP contribution in [0.25, 0.3) is 0 Å². The number of anilines is 1. The van der Waals surface area contributed by atoms with E-state index in [0.29, 0.717) is 21.2 Å². The van der Waals surface area contributed by atoms with E-state index < -0.39 is 0 Å². The molecule has 1 fully saturated rings. The molecular weight excluding hydrogens is 382 g/mol. The van der Waals surface area contributed by atoms with Gasteiger partial charge in [-0.2, -0.15) is 0 Å². The highest BCUT2D eigenvalue weighted by atomic mass is 35.5. The predicted octanol–water partition coefficient (Wildman–Crippen LogP) is 5.01. The maximum Gasteiger partial charge on any atom is 0.267 e. The summed E-state index contributed by atoms with van der Waals surface area (Å²) < 4.78 is 0. The Hall–Kier alpha value is -1.92. The Morgan fingerprint density at radius 3 is 2.63 bits per heavy atom. The molecular formula is C20H24ClN3O2S. The topological polar surface area (TPSA) is 62.3 Å². The van der Waals surface area contributed by atoms with Crippen molar-refractivity contribution in [3.05, 3.63) is 44.9 Å². The summed E-state index contributed by atoms with van der Waals surface area (Å²) in [7, 11) is 0. The van der Waals surface area contributed by atoms with Crippen LogP contribution in [0.3, 0.4) is 0 Å². The number of aryl methyl sites for hydroxylation is 1. The lowest BCUT2D eigenvalue weighted by Gasteiger charge is -2.39. The first kappa shape index (κ1) is 19.8. The van der Waals surface area contributed by atoms with Crippen LogP contribution in [0.4, 0.5) is 5.69 Å². The Balaban J connectivity index is 1.88. The van der Waals surface area contributed by atoms with E-state index >= 15 is 0 Å². The van der Waals surface area contributed by atoms with Gasteiger partial charge in [0.25, 0.3) is 11.8 Å². The molecule has 1 N–H and O–H groups in total. The van der Waals surface area contributed by atoms with Gasteiger partial charge in [0.15, 0.2) is 0 Å². The standard InChI is InChI=1S/C20H24ClN3O2S/c1-4-18-22-11-17(27-18)19(25)23-16-9-8-14(21)10-15(16)20(26)24-12(2)6-5-7-13(24)3/h8-13H,4-7H2,1-3H3,(H,23,25)/t12-,13+. The van der Waals surface area contributed by atoms with Crippen molar-refractivity contribution in [2.75, 3.05) is 5.32 Å². The van der Waals surface area contributed by atoms with Crippen LogP contribution in [0.1, 0.15) is 65.1 Å². The molecule has 2 heterocycles. The Morgan fingerprint density at radius 2 is 2.00 bits per heavy atom. The zero-order valence-corrected chi connectivity index (χ0v) is 17.4. The van der Waals surface area contributed by atoms with E-state index in [1.807, 2.05) is 11.8 Å². The number of likely N-dealkylation sites (tertiary alicyclic amines) is 1. The van der Waals surface area contributed by atoms with Crippen LogP contribution in [-0.4, -0.2) is 33.8 Å². The Morgan fingerprint density at radius 1 is 1.30 bits per heavy atom.